The van der Waals surface area contributed by atoms with Gasteiger partial charge in [0.1, 0.15) is 11.6 Å². The third-order valence-electron chi connectivity index (χ3n) is 5.77. The van der Waals surface area contributed by atoms with Crippen LogP contribution in [0.1, 0.15) is 23.1 Å². The van der Waals surface area contributed by atoms with Gasteiger partial charge in [-0.1, -0.05) is 18.2 Å². The van der Waals surface area contributed by atoms with Gasteiger partial charge in [-0.3, -0.25) is 10.5 Å². The van der Waals surface area contributed by atoms with Gasteiger partial charge in [0.2, 0.25) is 0 Å². The van der Waals surface area contributed by atoms with E-state index in [0.29, 0.717) is 5.65 Å². The Labute approximate surface area is 177 Å². The highest BCUT2D eigenvalue weighted by Gasteiger charge is 2.21. The largest absolute Gasteiger partial charge is 0.338 e. The molecule has 5 N–H and O–H groups in total. The van der Waals surface area contributed by atoms with E-state index in [1.807, 2.05) is 24.5 Å². The molecule has 8 heteroatoms. The Balaban J connectivity index is 1.43. The van der Waals surface area contributed by atoms with Crippen molar-refractivity contribution in [3.8, 4) is 11.4 Å². The van der Waals surface area contributed by atoms with E-state index in [4.69, 9.17) is 0 Å². The van der Waals surface area contributed by atoms with E-state index in [2.05, 4.69) is 48.5 Å². The third kappa shape index (κ3) is 3.08. The van der Waals surface area contributed by atoms with E-state index in [-0.39, 0.29) is 5.82 Å². The Morgan fingerprint density at radius 2 is 2.03 bits per heavy atom. The molecular weight excluding hydrogens is 393 g/mol. The van der Waals surface area contributed by atoms with Crippen LogP contribution in [-0.2, 0) is 0 Å². The van der Waals surface area contributed by atoms with E-state index >= 15 is 0 Å². The lowest BCUT2D eigenvalue weighted by molar-refractivity contribution is 0.627. The maximum Gasteiger partial charge on any atom is 0.181 e. The van der Waals surface area contributed by atoms with E-state index in [0.717, 1.165) is 64.4 Å². The van der Waals surface area contributed by atoms with Crippen LogP contribution in [0, 0.1) is 5.82 Å². The summed E-state index contributed by atoms with van der Waals surface area (Å²) in [5, 5.41) is 11.8. The number of H-pyrrole nitrogens is 2. The summed E-state index contributed by atoms with van der Waals surface area (Å²) in [5.41, 5.74) is 13.7. The molecule has 154 valence electrons. The summed E-state index contributed by atoms with van der Waals surface area (Å²) in [6.07, 6.45) is 6.92. The average molecular weight is 413 g/mol. The number of halogens is 1. The monoisotopic (exact) mass is 413 g/mol. The zero-order valence-corrected chi connectivity index (χ0v) is 16.6. The van der Waals surface area contributed by atoms with Gasteiger partial charge in [-0.05, 0) is 53.9 Å². The summed E-state index contributed by atoms with van der Waals surface area (Å²) in [6, 6.07) is 10.8. The number of benzene rings is 1. The number of rotatable bonds is 3. The quantitative estimate of drug-likeness (QED) is 0.352. The number of hydrazine groups is 1. The second-order valence-corrected chi connectivity index (χ2v) is 7.69. The molecule has 4 aromatic rings. The van der Waals surface area contributed by atoms with Crippen molar-refractivity contribution in [2.75, 3.05) is 18.5 Å². The first-order valence-electron chi connectivity index (χ1n) is 10.2. The molecule has 31 heavy (non-hydrogen) atoms. The van der Waals surface area contributed by atoms with Crippen LogP contribution in [0.25, 0.3) is 33.6 Å². The first-order valence-corrected chi connectivity index (χ1v) is 10.2. The van der Waals surface area contributed by atoms with Crippen molar-refractivity contribution in [3.05, 3.63) is 77.4 Å². The van der Waals surface area contributed by atoms with Crippen LogP contribution < -0.4 is 16.2 Å². The highest BCUT2D eigenvalue weighted by atomic mass is 19.1. The maximum absolute atomic E-state index is 13.8. The molecule has 1 aromatic carbocycles. The van der Waals surface area contributed by atoms with Crippen molar-refractivity contribution in [1.29, 1.82) is 0 Å². The number of aromatic amines is 2. The molecule has 0 amide bonds. The van der Waals surface area contributed by atoms with Crippen molar-refractivity contribution in [2.45, 2.75) is 6.42 Å². The second-order valence-electron chi connectivity index (χ2n) is 7.69. The van der Waals surface area contributed by atoms with Crippen molar-refractivity contribution in [2.24, 2.45) is 0 Å². The summed E-state index contributed by atoms with van der Waals surface area (Å²) in [4.78, 5) is 7.97. The smallest absolute Gasteiger partial charge is 0.181 e. The Bertz CT molecular complexity index is 1360. The van der Waals surface area contributed by atoms with Crippen LogP contribution in [0.15, 0.2) is 54.9 Å². The average Bonchev–Trinajstić information content (AvgIpc) is 3.43. The lowest BCUT2D eigenvalue weighted by Crippen LogP contribution is -2.20. The van der Waals surface area contributed by atoms with Crippen LogP contribution in [0.4, 0.5) is 10.2 Å². The summed E-state index contributed by atoms with van der Waals surface area (Å²) < 4.78 is 13.8. The molecule has 0 atom stereocenters. The van der Waals surface area contributed by atoms with Crippen molar-refractivity contribution in [1.82, 2.24) is 30.9 Å². The molecule has 0 bridgehead atoms. The van der Waals surface area contributed by atoms with Crippen LogP contribution in [0.5, 0.6) is 0 Å². The van der Waals surface area contributed by atoms with Gasteiger partial charge in [-0.2, -0.15) is 5.10 Å². The molecular formula is C23H20FN7. The lowest BCUT2D eigenvalue weighted by atomic mass is 9.99. The number of nitrogens with one attached hydrogen (secondary N) is 5. The van der Waals surface area contributed by atoms with Gasteiger partial charge in [-0.25, -0.2) is 9.37 Å². The van der Waals surface area contributed by atoms with Gasteiger partial charge >= 0.3 is 0 Å². The Morgan fingerprint density at radius 3 is 2.90 bits per heavy atom. The third-order valence-corrected chi connectivity index (χ3v) is 5.77. The number of hydrogen-bond acceptors (Lipinski definition) is 5. The SMILES string of the molecule is Fc1cccc(C2=CNNc3[nH]c(-c4[nH]nc5ncc(C6=CCNCC6)cc45)cc32)c1. The molecule has 5 heterocycles. The molecule has 2 aliphatic rings. The van der Waals surface area contributed by atoms with Gasteiger partial charge in [0, 0.05) is 35.5 Å². The minimum Gasteiger partial charge on any atom is -0.338 e. The molecule has 0 unspecified atom stereocenters. The van der Waals surface area contributed by atoms with E-state index in [1.54, 1.807) is 6.07 Å². The molecule has 6 rings (SSSR count). The minimum absolute atomic E-state index is 0.264. The first kappa shape index (κ1) is 17.9. The molecule has 7 nitrogen and oxygen atoms in total. The van der Waals surface area contributed by atoms with Crippen LogP contribution in [-0.4, -0.2) is 33.3 Å². The number of aromatic nitrogens is 4. The fourth-order valence-corrected chi connectivity index (χ4v) is 4.22. The molecule has 0 saturated heterocycles. The van der Waals surface area contributed by atoms with Crippen molar-refractivity contribution in [3.63, 3.8) is 0 Å². The van der Waals surface area contributed by atoms with Crippen molar-refractivity contribution < 1.29 is 4.39 Å². The van der Waals surface area contributed by atoms with Crippen LogP contribution in [0.2, 0.25) is 0 Å². The molecule has 0 saturated carbocycles. The Hall–Kier alpha value is -3.91. The summed E-state index contributed by atoms with van der Waals surface area (Å²) in [6.45, 7) is 1.85. The zero-order valence-electron chi connectivity index (χ0n) is 16.6. The first-order chi connectivity index (χ1) is 15.3. The van der Waals surface area contributed by atoms with Crippen LogP contribution >= 0.6 is 0 Å². The fraction of sp³-hybridized carbons (Fsp3) is 0.130. The summed E-state index contributed by atoms with van der Waals surface area (Å²) in [7, 11) is 0. The number of hydrogen-bond donors (Lipinski definition) is 5. The van der Waals surface area contributed by atoms with Gasteiger partial charge < -0.3 is 15.7 Å². The topological polar surface area (TPSA) is 93.5 Å². The van der Waals surface area contributed by atoms with Gasteiger partial charge in [-0.15, -0.1) is 0 Å². The van der Waals surface area contributed by atoms with Gasteiger partial charge in [0.25, 0.3) is 0 Å². The highest BCUT2D eigenvalue weighted by molar-refractivity contribution is 5.95. The Kier molecular flexibility index (Phi) is 4.10. The molecule has 2 aliphatic heterocycles. The molecule has 3 aromatic heterocycles. The maximum atomic E-state index is 13.8. The number of nitrogens with zero attached hydrogens (tertiary/aromatic N) is 2. The molecule has 0 fully saturated rings. The van der Waals surface area contributed by atoms with Gasteiger partial charge in [0.15, 0.2) is 5.65 Å². The van der Waals surface area contributed by atoms with E-state index in [9.17, 15) is 4.39 Å². The summed E-state index contributed by atoms with van der Waals surface area (Å²) >= 11 is 0. The van der Waals surface area contributed by atoms with E-state index < -0.39 is 0 Å². The highest BCUT2D eigenvalue weighted by Crippen LogP contribution is 2.36. The predicted octanol–water partition coefficient (Wildman–Crippen LogP) is 3.79. The number of anilines is 1. The number of fused-ring (bicyclic) bond motifs is 2. The van der Waals surface area contributed by atoms with E-state index in [1.165, 1.54) is 17.7 Å². The fourth-order valence-electron chi connectivity index (χ4n) is 4.22. The lowest BCUT2D eigenvalue weighted by Gasteiger charge is -2.17. The predicted molar refractivity (Wildman–Crippen MR) is 119 cm³/mol. The van der Waals surface area contributed by atoms with Crippen molar-refractivity contribution >= 4 is 28.0 Å². The van der Waals surface area contributed by atoms with Crippen LogP contribution in [0.3, 0.4) is 0 Å². The number of pyridine rings is 1. The second kappa shape index (κ2) is 7.10. The molecule has 0 radical (unpaired) electrons. The minimum atomic E-state index is -0.264. The molecule has 0 aliphatic carbocycles. The zero-order chi connectivity index (χ0) is 20.8. The van der Waals surface area contributed by atoms with Gasteiger partial charge in [0.05, 0.1) is 11.4 Å². The standard InChI is InChI=1S/C23H20FN7/c24-16-3-1-2-14(8-16)19-12-27-30-23-17(19)10-20(28-23)21-18-9-15(11-26-22(18)31-29-21)13-4-6-25-7-5-13/h1-4,8-12,25,27-28,30H,5-7H2,(H,26,29,31). The summed E-state index contributed by atoms with van der Waals surface area (Å²) in [5.74, 6) is 0.546. The molecule has 0 spiro atoms. The normalized spacial score (nSPS) is 15.6. The Morgan fingerprint density at radius 1 is 1.06 bits per heavy atom.